The molecule has 4 rings (SSSR count). The normalized spacial score (nSPS) is 13.1. The average molecular weight is 302 g/mol. The maximum atomic E-state index is 11.3. The van der Waals surface area contributed by atoms with E-state index >= 15 is 0 Å². The Bertz CT molecular complexity index is 1020. The van der Waals surface area contributed by atoms with E-state index in [1.165, 1.54) is 0 Å². The SMILES string of the molecule is O=C1CC=c2cc(OCc3ccc4ccccc4n3)ccc2=N1. The van der Waals surface area contributed by atoms with E-state index in [4.69, 9.17) is 4.74 Å². The number of fused-ring (bicyclic) bond motifs is 2. The van der Waals surface area contributed by atoms with Crippen molar-refractivity contribution in [2.75, 3.05) is 0 Å². The molecule has 0 saturated carbocycles. The van der Waals surface area contributed by atoms with Crippen LogP contribution in [-0.2, 0) is 11.4 Å². The van der Waals surface area contributed by atoms with Crippen LogP contribution in [0.3, 0.4) is 0 Å². The number of aromatic nitrogens is 1. The largest absolute Gasteiger partial charge is 0.487 e. The Balaban J connectivity index is 1.57. The van der Waals surface area contributed by atoms with Crippen molar-refractivity contribution in [1.82, 2.24) is 4.98 Å². The third kappa shape index (κ3) is 2.83. The second-order valence-electron chi connectivity index (χ2n) is 5.42. The van der Waals surface area contributed by atoms with E-state index in [9.17, 15) is 4.79 Å². The lowest BCUT2D eigenvalue weighted by atomic mass is 10.2. The van der Waals surface area contributed by atoms with E-state index in [0.717, 1.165) is 27.6 Å². The van der Waals surface area contributed by atoms with Gasteiger partial charge in [-0.3, -0.25) is 4.79 Å². The molecule has 0 unspecified atom stereocenters. The van der Waals surface area contributed by atoms with Crippen molar-refractivity contribution in [3.63, 3.8) is 0 Å². The van der Waals surface area contributed by atoms with Crippen molar-refractivity contribution in [2.24, 2.45) is 4.99 Å². The van der Waals surface area contributed by atoms with Crippen LogP contribution in [0.15, 0.2) is 59.6 Å². The number of pyridine rings is 1. The van der Waals surface area contributed by atoms with E-state index in [0.29, 0.717) is 18.4 Å². The van der Waals surface area contributed by atoms with Crippen LogP contribution in [-0.4, -0.2) is 10.9 Å². The fourth-order valence-corrected chi connectivity index (χ4v) is 2.61. The number of hydrogen-bond acceptors (Lipinski definition) is 3. The minimum Gasteiger partial charge on any atom is -0.487 e. The van der Waals surface area contributed by atoms with Crippen molar-refractivity contribution in [3.8, 4) is 5.75 Å². The second kappa shape index (κ2) is 5.65. The van der Waals surface area contributed by atoms with Crippen molar-refractivity contribution in [1.29, 1.82) is 0 Å². The zero-order chi connectivity index (χ0) is 15.6. The van der Waals surface area contributed by atoms with Gasteiger partial charge in [-0.05, 0) is 30.3 Å². The van der Waals surface area contributed by atoms with Gasteiger partial charge in [0.05, 0.1) is 16.6 Å². The van der Waals surface area contributed by atoms with E-state index < -0.39 is 0 Å². The summed E-state index contributed by atoms with van der Waals surface area (Å²) in [4.78, 5) is 19.9. The first kappa shape index (κ1) is 13.6. The molecule has 0 atom stereocenters. The van der Waals surface area contributed by atoms with Gasteiger partial charge in [0.2, 0.25) is 5.91 Å². The molecule has 1 amide bonds. The molecule has 112 valence electrons. The summed E-state index contributed by atoms with van der Waals surface area (Å²) >= 11 is 0. The monoisotopic (exact) mass is 302 g/mol. The minimum atomic E-state index is -0.105. The molecule has 1 aromatic heterocycles. The predicted molar refractivity (Wildman–Crippen MR) is 87.4 cm³/mol. The molecule has 23 heavy (non-hydrogen) atoms. The summed E-state index contributed by atoms with van der Waals surface area (Å²) in [6.07, 6.45) is 2.23. The second-order valence-corrected chi connectivity index (χ2v) is 5.42. The number of amides is 1. The van der Waals surface area contributed by atoms with Crippen LogP contribution in [0.4, 0.5) is 0 Å². The summed E-state index contributed by atoms with van der Waals surface area (Å²) in [7, 11) is 0. The van der Waals surface area contributed by atoms with Gasteiger partial charge in [0.25, 0.3) is 0 Å². The molecule has 0 spiro atoms. The van der Waals surface area contributed by atoms with Gasteiger partial charge >= 0.3 is 0 Å². The molecule has 0 fully saturated rings. The van der Waals surface area contributed by atoms with Crippen molar-refractivity contribution in [3.05, 3.63) is 70.9 Å². The number of benzene rings is 2. The first-order chi connectivity index (χ1) is 11.3. The lowest BCUT2D eigenvalue weighted by Crippen LogP contribution is -2.29. The molecular formula is C19H14N2O2. The lowest BCUT2D eigenvalue weighted by Gasteiger charge is -2.07. The summed E-state index contributed by atoms with van der Waals surface area (Å²) in [5.41, 5.74) is 1.84. The number of hydrogen-bond donors (Lipinski definition) is 0. The van der Waals surface area contributed by atoms with E-state index in [-0.39, 0.29) is 5.91 Å². The maximum Gasteiger partial charge on any atom is 0.250 e. The average Bonchev–Trinajstić information content (AvgIpc) is 2.59. The van der Waals surface area contributed by atoms with Crippen molar-refractivity contribution >= 4 is 22.9 Å². The maximum absolute atomic E-state index is 11.3. The first-order valence-corrected chi connectivity index (χ1v) is 7.47. The van der Waals surface area contributed by atoms with Gasteiger partial charge in [-0.15, -0.1) is 0 Å². The Morgan fingerprint density at radius 3 is 2.91 bits per heavy atom. The number of rotatable bonds is 3. The molecule has 2 aromatic carbocycles. The molecule has 0 N–H and O–H groups in total. The highest BCUT2D eigenvalue weighted by Gasteiger charge is 2.04. The number of para-hydroxylation sites is 1. The van der Waals surface area contributed by atoms with Gasteiger partial charge in [-0.1, -0.05) is 30.3 Å². The number of ether oxygens (including phenoxy) is 1. The highest BCUT2D eigenvalue weighted by molar-refractivity contribution is 5.83. The number of carbonyl (C=O) groups is 1. The zero-order valence-electron chi connectivity index (χ0n) is 12.4. The van der Waals surface area contributed by atoms with E-state index in [1.54, 1.807) is 0 Å². The quantitative estimate of drug-likeness (QED) is 0.745. The Kier molecular flexibility index (Phi) is 3.35. The third-order valence-corrected chi connectivity index (χ3v) is 3.78. The summed E-state index contributed by atoms with van der Waals surface area (Å²) < 4.78 is 5.82. The van der Waals surface area contributed by atoms with Crippen LogP contribution in [0.25, 0.3) is 17.0 Å². The van der Waals surface area contributed by atoms with Crippen molar-refractivity contribution < 1.29 is 9.53 Å². The standard InChI is InChI=1S/C19H14N2O2/c22-19-10-6-14-11-16(8-9-18(14)21-19)23-12-15-7-5-13-3-1-2-4-17(13)20-15/h1-9,11H,10,12H2. The third-order valence-electron chi connectivity index (χ3n) is 3.78. The molecular weight excluding hydrogens is 288 g/mol. The number of nitrogens with zero attached hydrogens (tertiary/aromatic N) is 2. The lowest BCUT2D eigenvalue weighted by molar-refractivity contribution is -0.117. The molecule has 0 bridgehead atoms. The molecule has 3 aromatic rings. The van der Waals surface area contributed by atoms with Crippen LogP contribution in [0.1, 0.15) is 12.1 Å². The molecule has 1 aliphatic heterocycles. The predicted octanol–water partition coefficient (Wildman–Crippen LogP) is 2.14. The van der Waals surface area contributed by atoms with Crippen LogP contribution in [0.2, 0.25) is 0 Å². The topological polar surface area (TPSA) is 51.5 Å². The van der Waals surface area contributed by atoms with Gasteiger partial charge in [-0.25, -0.2) is 9.98 Å². The molecule has 1 aliphatic rings. The molecule has 2 heterocycles. The first-order valence-electron chi connectivity index (χ1n) is 7.47. The molecule has 4 heteroatoms. The fourth-order valence-electron chi connectivity index (χ4n) is 2.61. The molecule has 4 nitrogen and oxygen atoms in total. The smallest absolute Gasteiger partial charge is 0.250 e. The summed E-state index contributed by atoms with van der Waals surface area (Å²) in [5.74, 6) is 0.644. The van der Waals surface area contributed by atoms with Gasteiger partial charge in [-0.2, -0.15) is 0 Å². The van der Waals surface area contributed by atoms with Crippen molar-refractivity contribution in [2.45, 2.75) is 13.0 Å². The summed E-state index contributed by atoms with van der Waals surface area (Å²) in [6, 6.07) is 17.6. The van der Waals surface area contributed by atoms with Crippen LogP contribution < -0.4 is 15.3 Å². The van der Waals surface area contributed by atoms with Gasteiger partial charge in [0.15, 0.2) is 0 Å². The zero-order valence-corrected chi connectivity index (χ0v) is 12.4. The highest BCUT2D eigenvalue weighted by atomic mass is 16.5. The fraction of sp³-hybridized carbons (Fsp3) is 0.105. The summed E-state index contributed by atoms with van der Waals surface area (Å²) in [5, 5.41) is 2.76. The van der Waals surface area contributed by atoms with Gasteiger partial charge in [0, 0.05) is 17.0 Å². The van der Waals surface area contributed by atoms with E-state index in [1.807, 2.05) is 60.7 Å². The van der Waals surface area contributed by atoms with Gasteiger partial charge < -0.3 is 4.74 Å². The molecule has 0 radical (unpaired) electrons. The summed E-state index contributed by atoms with van der Waals surface area (Å²) in [6.45, 7) is 0.402. The Morgan fingerprint density at radius 2 is 1.96 bits per heavy atom. The minimum absolute atomic E-state index is 0.105. The van der Waals surface area contributed by atoms with Crippen LogP contribution >= 0.6 is 0 Å². The Labute approximate surface area is 132 Å². The molecule has 0 aliphatic carbocycles. The van der Waals surface area contributed by atoms with Gasteiger partial charge in [0.1, 0.15) is 12.4 Å². The molecule has 0 saturated heterocycles. The Hall–Kier alpha value is -3.01. The van der Waals surface area contributed by atoms with E-state index in [2.05, 4.69) is 9.98 Å². The highest BCUT2D eigenvalue weighted by Crippen LogP contribution is 2.13. The Morgan fingerprint density at radius 1 is 1.04 bits per heavy atom. The van der Waals surface area contributed by atoms with Crippen LogP contribution in [0.5, 0.6) is 5.75 Å². The number of carbonyl (C=O) groups excluding carboxylic acids is 1. The van der Waals surface area contributed by atoms with Crippen LogP contribution in [0, 0.1) is 0 Å².